The summed E-state index contributed by atoms with van der Waals surface area (Å²) in [6.07, 6.45) is 1.53. The normalized spacial score (nSPS) is 11.9. The van der Waals surface area contributed by atoms with Gasteiger partial charge < -0.3 is 20.6 Å². The van der Waals surface area contributed by atoms with E-state index < -0.39 is 17.4 Å². The molecule has 0 aliphatic heterocycles. The molecule has 1 atom stereocenters. The van der Waals surface area contributed by atoms with Gasteiger partial charge in [0.2, 0.25) is 0 Å². The van der Waals surface area contributed by atoms with Gasteiger partial charge in [0.25, 0.3) is 0 Å². The van der Waals surface area contributed by atoms with Crippen LogP contribution in [0.1, 0.15) is 7.12 Å². The Morgan fingerprint density at radius 3 is 2.70 bits per heavy atom. The first-order valence-electron chi connectivity index (χ1n) is 7.40. The number of nitrogens with zero attached hydrogens (tertiary/aromatic N) is 2. The number of fused-ring (bicyclic) bond motifs is 1. The maximum atomic E-state index is 12.6. The van der Waals surface area contributed by atoms with Crippen LogP contribution in [0.2, 0.25) is 0 Å². The van der Waals surface area contributed by atoms with E-state index in [2.05, 4.69) is 19.7 Å². The number of pyridine rings is 1. The molecule has 0 radical (unpaired) electrons. The molecule has 0 amide bonds. The van der Waals surface area contributed by atoms with Gasteiger partial charge in [-0.1, -0.05) is 0 Å². The number of benzene rings is 1. The number of hydrogen-bond donors (Lipinski definition) is 1. The molecule has 0 bridgehead atoms. The summed E-state index contributed by atoms with van der Waals surface area (Å²) in [4.78, 5) is 11.3. The molecule has 0 aliphatic rings. The van der Waals surface area contributed by atoms with Crippen molar-refractivity contribution in [2.45, 2.75) is 17.5 Å². The Bertz CT molecular complexity index is 961. The average molecular weight is 423 g/mol. The van der Waals surface area contributed by atoms with Gasteiger partial charge in [0.1, 0.15) is 5.75 Å². The maximum absolute atomic E-state index is 12.6. The number of rotatable bonds is 7. The molecule has 7 nitrogen and oxygen atoms in total. The molecule has 0 aliphatic carbocycles. The van der Waals surface area contributed by atoms with Gasteiger partial charge in [-0.25, -0.2) is 4.98 Å². The number of aromatic amines is 1. The van der Waals surface area contributed by atoms with Gasteiger partial charge in [-0.05, 0) is 12.1 Å². The summed E-state index contributed by atoms with van der Waals surface area (Å²) in [6, 6.07) is 5.89. The van der Waals surface area contributed by atoms with Gasteiger partial charge in [0.15, 0.2) is 16.7 Å². The predicted octanol–water partition coefficient (Wildman–Crippen LogP) is 0.000800. The summed E-state index contributed by atoms with van der Waals surface area (Å²) in [5.41, 5.74) is 1.38. The molecule has 3 aromatic rings. The summed E-state index contributed by atoms with van der Waals surface area (Å²) < 4.78 is 52.1. The molecule has 2 aromatic heterocycles. The van der Waals surface area contributed by atoms with Crippen molar-refractivity contribution in [2.75, 3.05) is 14.2 Å². The largest absolute Gasteiger partial charge is 1.00 e. The molecule has 3 rings (SSSR count). The van der Waals surface area contributed by atoms with Crippen LogP contribution in [0, 0.1) is 0 Å². The molecular formula is C16H16F2KN3O4S. The topological polar surface area (TPSA) is 86.3 Å². The Labute approximate surface area is 200 Å². The average Bonchev–Trinajstić information content (AvgIpc) is 3.04. The summed E-state index contributed by atoms with van der Waals surface area (Å²) in [6.45, 7) is -2.92. The van der Waals surface area contributed by atoms with Crippen LogP contribution in [-0.2, 0) is 16.6 Å². The third-order valence-electron chi connectivity index (χ3n) is 3.51. The zero-order chi connectivity index (χ0) is 18.7. The number of alkyl halides is 2. The van der Waals surface area contributed by atoms with Crippen LogP contribution >= 0.6 is 0 Å². The molecule has 140 valence electrons. The fourth-order valence-corrected chi connectivity index (χ4v) is 3.41. The van der Waals surface area contributed by atoms with Crippen LogP contribution in [0.15, 0.2) is 35.6 Å². The van der Waals surface area contributed by atoms with E-state index in [1.165, 1.54) is 38.6 Å². The maximum Gasteiger partial charge on any atom is 1.00 e. The van der Waals surface area contributed by atoms with Crippen molar-refractivity contribution in [3.05, 3.63) is 36.2 Å². The van der Waals surface area contributed by atoms with Crippen LogP contribution in [0.3, 0.4) is 0 Å². The standard InChI is InChI=1S/C16H15F2N3O4S.K.H/c1-23-13-5-6-19-12(14(13)24-2)8-26(22)16-20-10-4-3-9(25-15(17)18)7-11(10)21-16;;/h3-7,15H,8H2,1-2H3,(H,20,21);;/q;+1;-1/t26-;;/m0../s1. The zero-order valence-corrected chi connectivity index (χ0v) is 18.8. The van der Waals surface area contributed by atoms with E-state index in [1.54, 1.807) is 6.07 Å². The smallest absolute Gasteiger partial charge is 1.00 e. The van der Waals surface area contributed by atoms with E-state index >= 15 is 0 Å². The summed E-state index contributed by atoms with van der Waals surface area (Å²) in [5.74, 6) is 0.908. The summed E-state index contributed by atoms with van der Waals surface area (Å²) in [7, 11) is 1.41. The second kappa shape index (κ2) is 9.89. The summed E-state index contributed by atoms with van der Waals surface area (Å²) >= 11 is 0. The molecule has 1 aromatic carbocycles. The van der Waals surface area contributed by atoms with Crippen LogP contribution < -0.4 is 65.6 Å². The molecule has 2 heterocycles. The van der Waals surface area contributed by atoms with E-state index in [0.29, 0.717) is 28.2 Å². The van der Waals surface area contributed by atoms with E-state index in [9.17, 15) is 13.0 Å². The molecule has 0 saturated heterocycles. The number of methoxy groups -OCH3 is 2. The van der Waals surface area contributed by atoms with Crippen molar-refractivity contribution >= 4 is 21.8 Å². The minimum absolute atomic E-state index is 0. The number of hydrogen-bond acceptors (Lipinski definition) is 6. The number of imidazole rings is 1. The van der Waals surface area contributed by atoms with Crippen molar-refractivity contribution in [3.63, 3.8) is 0 Å². The molecule has 27 heavy (non-hydrogen) atoms. The third-order valence-corrected chi connectivity index (χ3v) is 4.67. The van der Waals surface area contributed by atoms with Crippen LogP contribution in [0.5, 0.6) is 17.2 Å². The Hall–Kier alpha value is -1.11. The number of ether oxygens (including phenoxy) is 3. The first-order valence-corrected chi connectivity index (χ1v) is 8.72. The zero-order valence-electron chi connectivity index (χ0n) is 15.9. The molecule has 0 spiro atoms. The Balaban J connectivity index is 0.00000196. The van der Waals surface area contributed by atoms with Crippen LogP contribution in [-0.4, -0.2) is 40.0 Å². The Morgan fingerprint density at radius 1 is 1.26 bits per heavy atom. The number of halogens is 2. The van der Waals surface area contributed by atoms with Gasteiger partial charge >= 0.3 is 58.0 Å². The Kier molecular flexibility index (Phi) is 8.13. The number of aromatic nitrogens is 3. The van der Waals surface area contributed by atoms with Crippen molar-refractivity contribution in [1.29, 1.82) is 0 Å². The minimum atomic E-state index is -2.92. The second-order valence-corrected chi connectivity index (χ2v) is 6.45. The molecule has 0 saturated carbocycles. The van der Waals surface area contributed by atoms with Gasteiger partial charge in [-0.15, -0.1) is 0 Å². The molecule has 0 unspecified atom stereocenters. The van der Waals surface area contributed by atoms with Crippen molar-refractivity contribution in [1.82, 2.24) is 15.0 Å². The van der Waals surface area contributed by atoms with Crippen LogP contribution in [0.4, 0.5) is 8.78 Å². The molecular weight excluding hydrogens is 407 g/mol. The number of nitrogens with one attached hydrogen (secondary N) is 1. The van der Waals surface area contributed by atoms with E-state index in [1.807, 2.05) is 0 Å². The van der Waals surface area contributed by atoms with Crippen molar-refractivity contribution < 1.29 is 80.0 Å². The third kappa shape index (κ3) is 5.24. The molecule has 11 heteroatoms. The summed E-state index contributed by atoms with van der Waals surface area (Å²) in [5, 5.41) is 0.195. The van der Waals surface area contributed by atoms with E-state index in [4.69, 9.17) is 9.47 Å². The van der Waals surface area contributed by atoms with Gasteiger partial charge in [-0.3, -0.25) is 9.19 Å². The second-order valence-electron chi connectivity index (χ2n) is 5.08. The van der Waals surface area contributed by atoms with Crippen molar-refractivity contribution in [2.24, 2.45) is 0 Å². The van der Waals surface area contributed by atoms with Gasteiger partial charge in [0.05, 0.1) is 47.5 Å². The van der Waals surface area contributed by atoms with Gasteiger partial charge in [0, 0.05) is 18.3 Å². The van der Waals surface area contributed by atoms with E-state index in [-0.39, 0.29) is 69.5 Å². The first kappa shape index (κ1) is 22.2. The molecule has 0 fully saturated rings. The predicted molar refractivity (Wildman–Crippen MR) is 91.3 cm³/mol. The SMILES string of the molecule is COc1ccnc(C[S@](=O)c2nc3ccc(OC(F)F)cc3[nH]2)c1OC.[H-].[K+]. The van der Waals surface area contributed by atoms with Crippen molar-refractivity contribution in [3.8, 4) is 17.2 Å². The monoisotopic (exact) mass is 423 g/mol. The molecule has 1 N–H and O–H groups in total. The minimum Gasteiger partial charge on any atom is -1.00 e. The fourth-order valence-electron chi connectivity index (χ4n) is 2.40. The fraction of sp³-hybridized carbons (Fsp3) is 0.250. The van der Waals surface area contributed by atoms with Gasteiger partial charge in [-0.2, -0.15) is 8.78 Å². The first-order chi connectivity index (χ1) is 12.5. The van der Waals surface area contributed by atoms with E-state index in [0.717, 1.165) is 0 Å². The number of H-pyrrole nitrogens is 1. The quantitative estimate of drug-likeness (QED) is 0.539. The Morgan fingerprint density at radius 2 is 2.04 bits per heavy atom. The van der Waals surface area contributed by atoms with Crippen LogP contribution in [0.25, 0.3) is 11.0 Å².